The van der Waals surface area contributed by atoms with Gasteiger partial charge in [-0.15, -0.1) is 0 Å². The summed E-state index contributed by atoms with van der Waals surface area (Å²) in [6.07, 6.45) is 4.91. The van der Waals surface area contributed by atoms with Crippen LogP contribution < -0.4 is 0 Å². The van der Waals surface area contributed by atoms with Crippen LogP contribution in [0.15, 0.2) is 22.8 Å². The molecule has 1 aromatic heterocycles. The molecule has 92 valence electrons. The van der Waals surface area contributed by atoms with E-state index in [1.54, 1.807) is 12.3 Å². The first-order valence-corrected chi connectivity index (χ1v) is 6.87. The van der Waals surface area contributed by atoms with Gasteiger partial charge in [-0.05, 0) is 54.2 Å². The normalized spacial score (nSPS) is 24.1. The Morgan fingerprint density at radius 2 is 2.29 bits per heavy atom. The lowest BCUT2D eigenvalue weighted by atomic mass is 10.1. The Morgan fingerprint density at radius 3 is 2.88 bits per heavy atom. The maximum atomic E-state index is 12.4. The summed E-state index contributed by atoms with van der Waals surface area (Å²) in [5.74, 6) is 0.0642. The number of carbonyl (C=O) groups excluding carboxylic acids is 1. The molecule has 4 heteroatoms. The SMILES string of the molecule is CCC1CCC(C)N1C(=O)c1ccc(Br)cn1. The average molecular weight is 297 g/mol. The van der Waals surface area contributed by atoms with E-state index in [1.807, 2.05) is 11.0 Å². The number of nitrogens with zero attached hydrogens (tertiary/aromatic N) is 2. The molecule has 1 aromatic rings. The molecule has 2 rings (SSSR count). The van der Waals surface area contributed by atoms with Gasteiger partial charge in [0.05, 0.1) is 0 Å². The summed E-state index contributed by atoms with van der Waals surface area (Å²) >= 11 is 3.33. The molecule has 0 radical (unpaired) electrons. The van der Waals surface area contributed by atoms with Crippen molar-refractivity contribution < 1.29 is 4.79 Å². The second-order valence-corrected chi connectivity index (χ2v) is 5.48. The molecule has 17 heavy (non-hydrogen) atoms. The van der Waals surface area contributed by atoms with Crippen molar-refractivity contribution in [3.63, 3.8) is 0 Å². The average Bonchev–Trinajstić information content (AvgIpc) is 2.70. The monoisotopic (exact) mass is 296 g/mol. The number of hydrogen-bond acceptors (Lipinski definition) is 2. The van der Waals surface area contributed by atoms with E-state index in [0.29, 0.717) is 17.8 Å². The first-order chi connectivity index (χ1) is 8.13. The molecule has 1 aliphatic heterocycles. The van der Waals surface area contributed by atoms with Crippen molar-refractivity contribution in [2.45, 2.75) is 45.2 Å². The van der Waals surface area contributed by atoms with Crippen LogP contribution in [0.2, 0.25) is 0 Å². The van der Waals surface area contributed by atoms with Gasteiger partial charge in [0.25, 0.3) is 5.91 Å². The van der Waals surface area contributed by atoms with Gasteiger partial charge in [-0.25, -0.2) is 4.98 Å². The number of halogens is 1. The third kappa shape index (κ3) is 2.51. The minimum absolute atomic E-state index is 0.0642. The highest BCUT2D eigenvalue weighted by molar-refractivity contribution is 9.10. The summed E-state index contributed by atoms with van der Waals surface area (Å²) in [7, 11) is 0. The van der Waals surface area contributed by atoms with Crippen LogP contribution in [-0.4, -0.2) is 27.9 Å². The molecule has 0 N–H and O–H groups in total. The number of aromatic nitrogens is 1. The van der Waals surface area contributed by atoms with E-state index >= 15 is 0 Å². The Balaban J connectivity index is 2.21. The zero-order chi connectivity index (χ0) is 12.4. The van der Waals surface area contributed by atoms with E-state index in [-0.39, 0.29) is 5.91 Å². The zero-order valence-corrected chi connectivity index (χ0v) is 11.8. The number of likely N-dealkylation sites (tertiary alicyclic amines) is 1. The van der Waals surface area contributed by atoms with E-state index in [9.17, 15) is 4.79 Å². The van der Waals surface area contributed by atoms with Gasteiger partial charge in [-0.1, -0.05) is 6.92 Å². The van der Waals surface area contributed by atoms with Gasteiger partial charge >= 0.3 is 0 Å². The molecule has 1 fully saturated rings. The Kier molecular flexibility index (Phi) is 3.82. The molecule has 1 amide bonds. The first-order valence-electron chi connectivity index (χ1n) is 6.07. The minimum Gasteiger partial charge on any atom is -0.332 e. The molecule has 1 aliphatic rings. The van der Waals surface area contributed by atoms with Gasteiger partial charge in [0.15, 0.2) is 0 Å². The van der Waals surface area contributed by atoms with Crippen LogP contribution in [0.25, 0.3) is 0 Å². The molecule has 2 unspecified atom stereocenters. The summed E-state index contributed by atoms with van der Waals surface area (Å²) in [5, 5.41) is 0. The predicted molar refractivity (Wildman–Crippen MR) is 70.9 cm³/mol. The number of pyridine rings is 1. The highest BCUT2D eigenvalue weighted by atomic mass is 79.9. The van der Waals surface area contributed by atoms with E-state index < -0.39 is 0 Å². The van der Waals surface area contributed by atoms with Crippen molar-refractivity contribution in [1.82, 2.24) is 9.88 Å². The molecule has 0 spiro atoms. The molecule has 0 aliphatic carbocycles. The molecule has 0 saturated carbocycles. The number of amides is 1. The third-order valence-corrected chi connectivity index (χ3v) is 3.91. The van der Waals surface area contributed by atoms with Crippen LogP contribution in [0.1, 0.15) is 43.6 Å². The second-order valence-electron chi connectivity index (χ2n) is 4.56. The number of rotatable bonds is 2. The Morgan fingerprint density at radius 1 is 1.53 bits per heavy atom. The van der Waals surface area contributed by atoms with Crippen molar-refractivity contribution in [3.8, 4) is 0 Å². The summed E-state index contributed by atoms with van der Waals surface area (Å²) < 4.78 is 0.899. The van der Waals surface area contributed by atoms with E-state index in [0.717, 1.165) is 23.7 Å². The maximum Gasteiger partial charge on any atom is 0.272 e. The van der Waals surface area contributed by atoms with E-state index in [4.69, 9.17) is 0 Å². The van der Waals surface area contributed by atoms with Crippen LogP contribution in [-0.2, 0) is 0 Å². The maximum absolute atomic E-state index is 12.4. The number of carbonyl (C=O) groups is 1. The van der Waals surface area contributed by atoms with Crippen LogP contribution in [0.5, 0.6) is 0 Å². The molecule has 3 nitrogen and oxygen atoms in total. The Labute approximate surface area is 110 Å². The van der Waals surface area contributed by atoms with Crippen LogP contribution in [0.3, 0.4) is 0 Å². The van der Waals surface area contributed by atoms with Gasteiger partial charge in [0, 0.05) is 22.8 Å². The highest BCUT2D eigenvalue weighted by Crippen LogP contribution is 2.27. The van der Waals surface area contributed by atoms with Crippen LogP contribution in [0.4, 0.5) is 0 Å². The topological polar surface area (TPSA) is 33.2 Å². The molecule has 0 aromatic carbocycles. The number of hydrogen-bond donors (Lipinski definition) is 0. The third-order valence-electron chi connectivity index (χ3n) is 3.44. The molecule has 2 atom stereocenters. The van der Waals surface area contributed by atoms with Crippen molar-refractivity contribution in [3.05, 3.63) is 28.5 Å². The molecule has 2 heterocycles. The Bertz CT molecular complexity index is 404. The molecular weight excluding hydrogens is 280 g/mol. The van der Waals surface area contributed by atoms with Gasteiger partial charge in [0.1, 0.15) is 5.69 Å². The quantitative estimate of drug-likeness (QED) is 0.839. The fourth-order valence-corrected chi connectivity index (χ4v) is 2.71. The molecule has 1 saturated heterocycles. The molecular formula is C13H17BrN2O. The summed E-state index contributed by atoms with van der Waals surface area (Å²) in [5.41, 5.74) is 0.542. The standard InChI is InChI=1S/C13H17BrN2O/c1-3-11-6-4-9(2)16(11)13(17)12-7-5-10(14)8-15-12/h5,7-9,11H,3-4,6H2,1-2H3. The van der Waals surface area contributed by atoms with Gasteiger partial charge in [-0.3, -0.25) is 4.79 Å². The lowest BCUT2D eigenvalue weighted by molar-refractivity contribution is 0.0670. The summed E-state index contributed by atoms with van der Waals surface area (Å²) in [4.78, 5) is 18.6. The summed E-state index contributed by atoms with van der Waals surface area (Å²) in [6.45, 7) is 4.25. The van der Waals surface area contributed by atoms with Crippen molar-refractivity contribution >= 4 is 21.8 Å². The lowest BCUT2D eigenvalue weighted by Gasteiger charge is -2.27. The zero-order valence-electron chi connectivity index (χ0n) is 10.2. The van der Waals surface area contributed by atoms with E-state index in [1.165, 1.54) is 0 Å². The first kappa shape index (κ1) is 12.6. The second kappa shape index (κ2) is 5.17. The van der Waals surface area contributed by atoms with Crippen LogP contribution in [0, 0.1) is 0 Å². The van der Waals surface area contributed by atoms with Crippen LogP contribution >= 0.6 is 15.9 Å². The minimum atomic E-state index is 0.0642. The smallest absolute Gasteiger partial charge is 0.272 e. The van der Waals surface area contributed by atoms with E-state index in [2.05, 4.69) is 34.8 Å². The van der Waals surface area contributed by atoms with Gasteiger partial charge in [-0.2, -0.15) is 0 Å². The van der Waals surface area contributed by atoms with Gasteiger partial charge in [0.2, 0.25) is 0 Å². The fraction of sp³-hybridized carbons (Fsp3) is 0.538. The Hall–Kier alpha value is -0.900. The predicted octanol–water partition coefficient (Wildman–Crippen LogP) is 3.25. The lowest BCUT2D eigenvalue weighted by Crippen LogP contribution is -2.40. The molecule has 0 bridgehead atoms. The van der Waals surface area contributed by atoms with Crippen molar-refractivity contribution in [2.75, 3.05) is 0 Å². The largest absolute Gasteiger partial charge is 0.332 e. The highest BCUT2D eigenvalue weighted by Gasteiger charge is 2.33. The van der Waals surface area contributed by atoms with Crippen molar-refractivity contribution in [2.24, 2.45) is 0 Å². The fourth-order valence-electron chi connectivity index (χ4n) is 2.47. The van der Waals surface area contributed by atoms with Crippen molar-refractivity contribution in [1.29, 1.82) is 0 Å². The van der Waals surface area contributed by atoms with Gasteiger partial charge < -0.3 is 4.90 Å². The summed E-state index contributed by atoms with van der Waals surface area (Å²) in [6, 6.07) is 4.35.